The summed E-state index contributed by atoms with van der Waals surface area (Å²) in [5.74, 6) is -0.486. The van der Waals surface area contributed by atoms with Gasteiger partial charge in [-0.05, 0) is 25.7 Å². The van der Waals surface area contributed by atoms with Crippen molar-refractivity contribution >= 4 is 34.8 Å². The van der Waals surface area contributed by atoms with Gasteiger partial charge in [-0.1, -0.05) is 19.3 Å². The van der Waals surface area contributed by atoms with Gasteiger partial charge in [0.15, 0.2) is 0 Å². The molecule has 0 bridgehead atoms. The lowest BCUT2D eigenvalue weighted by atomic mass is 9.83. The quantitative estimate of drug-likeness (QED) is 0.598. The number of hydrogen-bond acceptors (Lipinski definition) is 8. The number of aliphatic hydroxyl groups is 1. The van der Waals surface area contributed by atoms with Crippen LogP contribution in [0, 0.1) is 12.8 Å². The van der Waals surface area contributed by atoms with Gasteiger partial charge in [0, 0.05) is 18.9 Å². The number of carbonyl (C=O) groups excluding carboxylic acids is 2. The molecule has 0 spiro atoms. The fourth-order valence-electron chi connectivity index (χ4n) is 5.34. The largest absolute Gasteiger partial charge is 0.388 e. The van der Waals surface area contributed by atoms with E-state index in [1.54, 1.807) is 30.4 Å². The molecule has 0 aromatic carbocycles. The number of fused-ring (bicyclic) bond motifs is 1. The highest BCUT2D eigenvalue weighted by molar-refractivity contribution is 7.17. The molecule has 0 unspecified atom stereocenters. The van der Waals surface area contributed by atoms with Crippen molar-refractivity contribution in [3.05, 3.63) is 29.2 Å². The van der Waals surface area contributed by atoms with Crippen LogP contribution < -0.4 is 5.32 Å². The number of ether oxygens (including phenoxy) is 1. The Morgan fingerprint density at radius 3 is 2.82 bits per heavy atom. The number of thiazole rings is 1. The number of hydrogen-bond donors (Lipinski definition) is 2. The van der Waals surface area contributed by atoms with E-state index in [0.717, 1.165) is 32.1 Å². The molecule has 182 valence electrons. The number of halogens is 1. The molecule has 5 atom stereocenters. The molecule has 2 aromatic heterocycles. The van der Waals surface area contributed by atoms with Crippen LogP contribution >= 0.6 is 22.9 Å². The zero-order chi connectivity index (χ0) is 23.8. The molecule has 5 rings (SSSR count). The third-order valence-corrected chi connectivity index (χ3v) is 8.58. The van der Waals surface area contributed by atoms with Crippen LogP contribution in [0.2, 0.25) is 0 Å². The first-order valence-corrected chi connectivity index (χ1v) is 13.0. The highest BCUT2D eigenvalue weighted by Crippen LogP contribution is 2.35. The van der Waals surface area contributed by atoms with Crippen molar-refractivity contribution in [3.63, 3.8) is 0 Å². The lowest BCUT2D eigenvalue weighted by molar-refractivity contribution is -0.137. The zero-order valence-electron chi connectivity index (χ0n) is 18.9. The number of alkyl halides is 1. The van der Waals surface area contributed by atoms with E-state index >= 15 is 0 Å². The van der Waals surface area contributed by atoms with Crippen molar-refractivity contribution in [1.82, 2.24) is 25.2 Å². The first kappa shape index (κ1) is 23.6. The SMILES string of the molecule is Cc1nc(-c2cnccn2)sc1C(=O)N[C@H](C(=O)N1C[C@H](Cl)[C@H]2OC[C@H](O)[C@H]21)C1CCCCC1. The maximum absolute atomic E-state index is 13.8. The summed E-state index contributed by atoms with van der Waals surface area (Å²) in [7, 11) is 0. The lowest BCUT2D eigenvalue weighted by Crippen LogP contribution is -2.56. The predicted molar refractivity (Wildman–Crippen MR) is 127 cm³/mol. The fraction of sp³-hybridized carbons (Fsp3) is 0.609. The first-order valence-electron chi connectivity index (χ1n) is 11.7. The minimum absolute atomic E-state index is 0.0326. The molecule has 1 saturated carbocycles. The Bertz CT molecular complexity index is 1050. The van der Waals surface area contributed by atoms with Gasteiger partial charge in [-0.15, -0.1) is 22.9 Å². The Balaban J connectivity index is 1.39. The van der Waals surface area contributed by atoms with E-state index in [2.05, 4.69) is 20.3 Å². The molecular formula is C23H28ClN5O4S. The number of aryl methyl sites for hydroxylation is 1. The number of carbonyl (C=O) groups is 2. The van der Waals surface area contributed by atoms with Crippen LogP contribution in [-0.2, 0) is 9.53 Å². The van der Waals surface area contributed by atoms with Crippen LogP contribution in [-0.4, -0.2) is 79.6 Å². The normalized spacial score (nSPS) is 28.0. The minimum Gasteiger partial charge on any atom is -0.388 e. The van der Waals surface area contributed by atoms with E-state index < -0.39 is 18.2 Å². The molecular weight excluding hydrogens is 478 g/mol. The molecule has 11 heteroatoms. The zero-order valence-corrected chi connectivity index (χ0v) is 20.5. The molecule has 34 heavy (non-hydrogen) atoms. The number of likely N-dealkylation sites (tertiary alicyclic amines) is 1. The summed E-state index contributed by atoms with van der Waals surface area (Å²) in [6, 6.07) is -1.17. The summed E-state index contributed by atoms with van der Waals surface area (Å²) >= 11 is 7.69. The van der Waals surface area contributed by atoms with Crippen molar-refractivity contribution in [1.29, 1.82) is 0 Å². The summed E-state index contributed by atoms with van der Waals surface area (Å²) < 4.78 is 5.64. The van der Waals surface area contributed by atoms with Crippen molar-refractivity contribution in [2.75, 3.05) is 13.2 Å². The molecule has 1 aliphatic carbocycles. The van der Waals surface area contributed by atoms with Gasteiger partial charge >= 0.3 is 0 Å². The van der Waals surface area contributed by atoms with Crippen LogP contribution in [0.25, 0.3) is 10.7 Å². The number of amides is 2. The molecule has 4 heterocycles. The van der Waals surface area contributed by atoms with Crippen molar-refractivity contribution in [2.45, 2.75) is 68.7 Å². The average Bonchev–Trinajstić information content (AvgIpc) is 3.53. The molecule has 3 aliphatic rings. The van der Waals surface area contributed by atoms with Gasteiger partial charge in [0.2, 0.25) is 5.91 Å². The average molecular weight is 506 g/mol. The Kier molecular flexibility index (Phi) is 6.83. The monoisotopic (exact) mass is 505 g/mol. The van der Waals surface area contributed by atoms with E-state index in [-0.39, 0.29) is 35.8 Å². The Morgan fingerprint density at radius 2 is 2.09 bits per heavy atom. The van der Waals surface area contributed by atoms with Crippen molar-refractivity contribution in [2.24, 2.45) is 5.92 Å². The topological polar surface area (TPSA) is 118 Å². The van der Waals surface area contributed by atoms with Crippen LogP contribution in [0.1, 0.15) is 47.5 Å². The standard InChI is InChI=1S/C23H28ClN5O4S/c1-12-20(34-22(27-12)15-9-25-7-8-26-15)21(31)28-17(13-5-3-2-4-6-13)23(32)29-10-14(24)19-18(29)16(30)11-33-19/h7-9,13-14,16-19,30H,2-6,10-11H2,1H3,(H,28,31)/t14-,16-,17-,18+,19+/m0/s1. The first-order chi connectivity index (χ1) is 16.4. The third kappa shape index (κ3) is 4.44. The minimum atomic E-state index is -0.779. The van der Waals surface area contributed by atoms with E-state index in [1.807, 2.05) is 0 Å². The number of rotatable bonds is 5. The molecule has 2 N–H and O–H groups in total. The second-order valence-electron chi connectivity index (χ2n) is 9.24. The molecule has 9 nitrogen and oxygen atoms in total. The van der Waals surface area contributed by atoms with Gasteiger partial charge in [0.25, 0.3) is 5.91 Å². The molecule has 0 radical (unpaired) electrons. The Hall–Kier alpha value is -2.14. The maximum Gasteiger partial charge on any atom is 0.263 e. The van der Waals surface area contributed by atoms with Crippen LogP contribution in [0.4, 0.5) is 0 Å². The molecule has 2 aromatic rings. The lowest BCUT2D eigenvalue weighted by Gasteiger charge is -2.35. The molecule has 2 aliphatic heterocycles. The number of aromatic nitrogens is 3. The number of nitrogens with one attached hydrogen (secondary N) is 1. The second kappa shape index (κ2) is 9.85. The van der Waals surface area contributed by atoms with Gasteiger partial charge in [-0.2, -0.15) is 0 Å². The van der Waals surface area contributed by atoms with Gasteiger partial charge in [0.1, 0.15) is 27.7 Å². The Morgan fingerprint density at radius 1 is 1.29 bits per heavy atom. The molecule has 2 saturated heterocycles. The van der Waals surface area contributed by atoms with Gasteiger partial charge in [-0.3, -0.25) is 19.6 Å². The van der Waals surface area contributed by atoms with E-state index in [0.29, 0.717) is 27.8 Å². The van der Waals surface area contributed by atoms with Crippen LogP contribution in [0.5, 0.6) is 0 Å². The summed E-state index contributed by atoms with van der Waals surface area (Å²) in [4.78, 5) is 42.1. The highest BCUT2D eigenvalue weighted by Gasteiger charge is 2.53. The van der Waals surface area contributed by atoms with Gasteiger partial charge in [-0.25, -0.2) is 4.98 Å². The summed E-state index contributed by atoms with van der Waals surface area (Å²) in [6.07, 6.45) is 8.52. The van der Waals surface area contributed by atoms with E-state index in [9.17, 15) is 14.7 Å². The highest BCUT2D eigenvalue weighted by atomic mass is 35.5. The van der Waals surface area contributed by atoms with Gasteiger partial charge in [0.05, 0.1) is 36.0 Å². The van der Waals surface area contributed by atoms with Crippen LogP contribution in [0.3, 0.4) is 0 Å². The van der Waals surface area contributed by atoms with Crippen LogP contribution in [0.15, 0.2) is 18.6 Å². The third-order valence-electron chi connectivity index (χ3n) is 7.02. The molecule has 2 amide bonds. The van der Waals surface area contributed by atoms with E-state index in [1.165, 1.54) is 11.3 Å². The summed E-state index contributed by atoms with van der Waals surface area (Å²) in [6.45, 7) is 2.23. The number of nitrogens with zero attached hydrogens (tertiary/aromatic N) is 4. The summed E-state index contributed by atoms with van der Waals surface area (Å²) in [5.41, 5.74) is 1.18. The van der Waals surface area contributed by atoms with Crippen molar-refractivity contribution < 1.29 is 19.4 Å². The second-order valence-corrected chi connectivity index (χ2v) is 10.8. The smallest absolute Gasteiger partial charge is 0.263 e. The van der Waals surface area contributed by atoms with Gasteiger partial charge < -0.3 is 20.1 Å². The maximum atomic E-state index is 13.8. The van der Waals surface area contributed by atoms with Crippen molar-refractivity contribution in [3.8, 4) is 10.7 Å². The Labute approximate surface area is 206 Å². The van der Waals surface area contributed by atoms with E-state index in [4.69, 9.17) is 16.3 Å². The molecule has 3 fully saturated rings. The number of aliphatic hydroxyl groups excluding tert-OH is 1. The predicted octanol–water partition coefficient (Wildman–Crippen LogP) is 2.17. The summed E-state index contributed by atoms with van der Waals surface area (Å²) in [5, 5.41) is 13.7. The fourth-order valence-corrected chi connectivity index (χ4v) is 6.64.